The summed E-state index contributed by atoms with van der Waals surface area (Å²) in [4.78, 5) is 0. The summed E-state index contributed by atoms with van der Waals surface area (Å²) in [5.74, 6) is 1.34. The second kappa shape index (κ2) is 6.17. The van der Waals surface area contributed by atoms with Crippen LogP contribution in [0.2, 0.25) is 0 Å². The topological polar surface area (TPSA) is 62.5 Å². The van der Waals surface area contributed by atoms with Gasteiger partial charge < -0.3 is 14.6 Å². The van der Waals surface area contributed by atoms with Crippen molar-refractivity contribution in [2.75, 3.05) is 13.2 Å². The Kier molecular flexibility index (Phi) is 4.10. The monoisotopic (exact) mass is 369 g/mol. The highest BCUT2D eigenvalue weighted by atomic mass is 16.7. The molecule has 5 rings (SSSR count). The number of aliphatic hydroxyl groups is 1. The summed E-state index contributed by atoms with van der Waals surface area (Å²) >= 11 is 0. The van der Waals surface area contributed by atoms with Crippen LogP contribution < -0.4 is 0 Å². The molecule has 4 nitrogen and oxygen atoms in total. The third-order valence-corrected chi connectivity index (χ3v) is 8.69. The lowest BCUT2D eigenvalue weighted by molar-refractivity contribution is -0.166. The van der Waals surface area contributed by atoms with E-state index in [0.29, 0.717) is 17.8 Å². The highest BCUT2D eigenvalue weighted by Gasteiger charge is 2.61. The average molecular weight is 370 g/mol. The second-order valence-electron chi connectivity index (χ2n) is 9.41. The summed E-state index contributed by atoms with van der Waals surface area (Å²) in [6.45, 7) is 3.67. The van der Waals surface area contributed by atoms with Crippen LogP contribution in [0.4, 0.5) is 0 Å². The molecule has 0 radical (unpaired) electrons. The van der Waals surface area contributed by atoms with E-state index in [1.54, 1.807) is 11.1 Å². The third kappa shape index (κ3) is 2.38. The highest BCUT2D eigenvalue weighted by Crippen LogP contribution is 2.64. The zero-order valence-corrected chi connectivity index (χ0v) is 16.4. The molecule has 1 N–H and O–H groups in total. The molecule has 27 heavy (non-hydrogen) atoms. The molecule has 0 aromatic rings. The van der Waals surface area contributed by atoms with Crippen LogP contribution in [-0.4, -0.2) is 29.7 Å². The Bertz CT molecular complexity index is 728. The molecule has 1 heterocycles. The van der Waals surface area contributed by atoms with Gasteiger partial charge in [0.05, 0.1) is 25.7 Å². The van der Waals surface area contributed by atoms with Gasteiger partial charge in [0.15, 0.2) is 5.79 Å². The zero-order valence-electron chi connectivity index (χ0n) is 16.4. The van der Waals surface area contributed by atoms with Crippen molar-refractivity contribution in [2.45, 2.75) is 76.1 Å². The van der Waals surface area contributed by atoms with E-state index in [1.807, 2.05) is 6.08 Å². The number of hydrogen-bond acceptors (Lipinski definition) is 4. The van der Waals surface area contributed by atoms with Crippen LogP contribution in [0.15, 0.2) is 23.3 Å². The van der Waals surface area contributed by atoms with Crippen molar-refractivity contribution in [3.05, 3.63) is 23.3 Å². The van der Waals surface area contributed by atoms with E-state index in [4.69, 9.17) is 9.47 Å². The van der Waals surface area contributed by atoms with Crippen LogP contribution in [0.25, 0.3) is 0 Å². The van der Waals surface area contributed by atoms with Crippen LogP contribution in [0.1, 0.15) is 64.7 Å². The van der Waals surface area contributed by atoms with Gasteiger partial charge in [-0.3, -0.25) is 0 Å². The van der Waals surface area contributed by atoms with Crippen molar-refractivity contribution in [1.82, 2.24) is 0 Å². The van der Waals surface area contributed by atoms with E-state index in [2.05, 4.69) is 19.1 Å². The fourth-order valence-electron chi connectivity index (χ4n) is 7.41. The molecule has 1 saturated heterocycles. The zero-order chi connectivity index (χ0) is 18.7. The minimum Gasteiger partial charge on any atom is -0.384 e. The van der Waals surface area contributed by atoms with E-state index in [9.17, 15) is 10.4 Å². The number of nitriles is 1. The van der Waals surface area contributed by atoms with Crippen molar-refractivity contribution in [1.29, 1.82) is 5.26 Å². The molecule has 4 aliphatic carbocycles. The first-order chi connectivity index (χ1) is 13.1. The molecular formula is C23H31NO3. The molecule has 5 atom stereocenters. The van der Waals surface area contributed by atoms with Gasteiger partial charge in [0.25, 0.3) is 0 Å². The van der Waals surface area contributed by atoms with Crippen molar-refractivity contribution < 1.29 is 14.6 Å². The number of nitrogens with zero attached hydrogens (tertiary/aromatic N) is 1. The number of rotatable bonds is 2. The molecule has 0 amide bonds. The van der Waals surface area contributed by atoms with Gasteiger partial charge in [0.1, 0.15) is 5.60 Å². The maximum atomic E-state index is 11.3. The molecular weight excluding hydrogens is 338 g/mol. The molecule has 4 heteroatoms. The van der Waals surface area contributed by atoms with Crippen LogP contribution in [0.3, 0.4) is 0 Å². The van der Waals surface area contributed by atoms with E-state index in [0.717, 1.165) is 58.2 Å². The molecule has 1 spiro atoms. The van der Waals surface area contributed by atoms with E-state index < -0.39 is 5.60 Å². The first kappa shape index (κ1) is 17.9. The Morgan fingerprint density at radius 2 is 2.04 bits per heavy atom. The summed E-state index contributed by atoms with van der Waals surface area (Å²) < 4.78 is 12.0. The number of allylic oxidation sites excluding steroid dienone is 2. The van der Waals surface area contributed by atoms with Crippen LogP contribution in [0.5, 0.6) is 0 Å². The average Bonchev–Trinajstić information content (AvgIpc) is 3.24. The Morgan fingerprint density at radius 3 is 2.78 bits per heavy atom. The Hall–Kier alpha value is -1.15. The van der Waals surface area contributed by atoms with Crippen LogP contribution >= 0.6 is 0 Å². The van der Waals surface area contributed by atoms with Gasteiger partial charge in [-0.1, -0.05) is 30.2 Å². The van der Waals surface area contributed by atoms with Gasteiger partial charge in [-0.2, -0.15) is 5.26 Å². The summed E-state index contributed by atoms with van der Waals surface area (Å²) in [6, 6.07) is 2.25. The largest absolute Gasteiger partial charge is 0.384 e. The molecule has 5 aliphatic rings. The van der Waals surface area contributed by atoms with Gasteiger partial charge in [0.2, 0.25) is 0 Å². The number of fused-ring (bicyclic) bond motifs is 4. The summed E-state index contributed by atoms with van der Waals surface area (Å²) in [5, 5.41) is 20.6. The third-order valence-electron chi connectivity index (χ3n) is 8.69. The lowest BCUT2D eigenvalue weighted by Crippen LogP contribution is -2.53. The molecule has 0 unspecified atom stereocenters. The van der Waals surface area contributed by atoms with Crippen molar-refractivity contribution >= 4 is 0 Å². The number of hydrogen-bond donors (Lipinski definition) is 1. The first-order valence-corrected chi connectivity index (χ1v) is 10.8. The van der Waals surface area contributed by atoms with E-state index in [-0.39, 0.29) is 17.6 Å². The van der Waals surface area contributed by atoms with Crippen molar-refractivity contribution in [3.8, 4) is 6.07 Å². The summed E-state index contributed by atoms with van der Waals surface area (Å²) in [7, 11) is 0. The van der Waals surface area contributed by atoms with E-state index in [1.165, 1.54) is 6.42 Å². The normalized spacial score (nSPS) is 44.7. The molecule has 1 aliphatic heterocycles. The smallest absolute Gasteiger partial charge is 0.172 e. The first-order valence-electron chi connectivity index (χ1n) is 10.8. The van der Waals surface area contributed by atoms with Crippen LogP contribution in [0, 0.1) is 34.5 Å². The second-order valence-corrected chi connectivity index (χ2v) is 9.41. The quantitative estimate of drug-likeness (QED) is 0.739. The predicted molar refractivity (Wildman–Crippen MR) is 101 cm³/mol. The molecule has 0 bridgehead atoms. The molecule has 2 fully saturated rings. The Labute approximate surface area is 162 Å². The van der Waals surface area contributed by atoms with Crippen molar-refractivity contribution in [2.24, 2.45) is 23.2 Å². The lowest BCUT2D eigenvalue weighted by Gasteiger charge is -2.55. The fraction of sp³-hybridized carbons (Fsp3) is 0.783. The molecule has 0 aromatic heterocycles. The Morgan fingerprint density at radius 1 is 1.22 bits per heavy atom. The molecule has 1 saturated carbocycles. The van der Waals surface area contributed by atoms with Gasteiger partial charge in [-0.15, -0.1) is 0 Å². The molecule has 146 valence electrons. The highest BCUT2D eigenvalue weighted by molar-refractivity contribution is 5.33. The minimum atomic E-state index is -0.942. The van der Waals surface area contributed by atoms with Gasteiger partial charge >= 0.3 is 0 Å². The van der Waals surface area contributed by atoms with Gasteiger partial charge in [-0.05, 0) is 56.3 Å². The fourth-order valence-corrected chi connectivity index (χ4v) is 7.41. The van der Waals surface area contributed by atoms with E-state index >= 15 is 0 Å². The standard InChI is InChI=1S/C23H31NO3/c1-2-21-8-5-18-17-6-10-23(26-13-14-27-23)15-16(17)3-4-19(18)20(21)7-9-22(21,25)11-12-24/h7,9,18-20,25H,2-6,8,10-11,13-15H2,1H3/t18-,19-,20+,21+,22-/m1/s1. The summed E-state index contributed by atoms with van der Waals surface area (Å²) in [6.07, 6.45) is 13.0. The molecule has 0 aromatic carbocycles. The van der Waals surface area contributed by atoms with Gasteiger partial charge in [-0.25, -0.2) is 0 Å². The SMILES string of the molecule is CC[C@]12CC[C@@H]3C4=C(CC[C@H]3[C@@H]1C=C[C@@]2(O)CC#N)CC1(CC4)OCCO1. The Balaban J connectivity index is 1.44. The van der Waals surface area contributed by atoms with Crippen molar-refractivity contribution in [3.63, 3.8) is 0 Å². The van der Waals surface area contributed by atoms with Gasteiger partial charge in [0, 0.05) is 18.3 Å². The summed E-state index contributed by atoms with van der Waals surface area (Å²) in [5.41, 5.74) is 2.20. The maximum Gasteiger partial charge on any atom is 0.172 e. The minimum absolute atomic E-state index is 0.143. The number of ether oxygens (including phenoxy) is 2. The van der Waals surface area contributed by atoms with Crippen LogP contribution in [-0.2, 0) is 9.47 Å². The lowest BCUT2D eigenvalue weighted by atomic mass is 9.50. The maximum absolute atomic E-state index is 11.3. The predicted octanol–water partition coefficient (Wildman–Crippen LogP) is 4.26.